The summed E-state index contributed by atoms with van der Waals surface area (Å²) in [6, 6.07) is 15.9. The lowest BCUT2D eigenvalue weighted by molar-refractivity contribution is 0.667. The molecule has 4 nitrogen and oxygen atoms in total. The molecule has 0 fully saturated rings. The number of nitrogens with zero attached hydrogens (tertiary/aromatic N) is 3. The van der Waals surface area contributed by atoms with Crippen molar-refractivity contribution in [3.8, 4) is 0 Å². The van der Waals surface area contributed by atoms with Crippen LogP contribution in [0.5, 0.6) is 0 Å². The molecule has 0 radical (unpaired) electrons. The zero-order valence-electron chi connectivity index (χ0n) is 16.7. The number of fused-ring (bicyclic) bond motifs is 8. The van der Waals surface area contributed by atoms with Gasteiger partial charge in [0.25, 0.3) is 0 Å². The maximum atomic E-state index is 8.15. The van der Waals surface area contributed by atoms with Gasteiger partial charge in [0.2, 0.25) is 0 Å². The summed E-state index contributed by atoms with van der Waals surface area (Å²) in [6.45, 7) is -0.223. The van der Waals surface area contributed by atoms with E-state index in [-0.39, 0.29) is 6.17 Å². The Hall–Kier alpha value is -3.01. The highest BCUT2D eigenvalue weighted by Crippen LogP contribution is 2.50. The standard InChI is InChI=1S/C21H17N3O/c1-12-7-8-13-10-19-23(2)16-11-18-20(14-5-3-4-6-17(14)25-18)22-21(16)24(19)15(13)9-12/h3-9,11,19H,10H2,1-2H3/i2D3. The Balaban J connectivity index is 1.67. The highest BCUT2D eigenvalue weighted by molar-refractivity contribution is 6.05. The van der Waals surface area contributed by atoms with E-state index in [2.05, 4.69) is 23.1 Å². The molecule has 122 valence electrons. The van der Waals surface area contributed by atoms with Crippen LogP contribution in [-0.2, 0) is 6.42 Å². The fourth-order valence-corrected chi connectivity index (χ4v) is 4.11. The molecule has 6 rings (SSSR count). The van der Waals surface area contributed by atoms with E-state index in [1.165, 1.54) is 4.90 Å². The van der Waals surface area contributed by atoms with Gasteiger partial charge in [-0.3, -0.25) is 0 Å². The summed E-state index contributed by atoms with van der Waals surface area (Å²) in [6.07, 6.45) is 0.344. The minimum atomic E-state index is -2.27. The molecule has 2 aliphatic heterocycles. The van der Waals surface area contributed by atoms with Crippen molar-refractivity contribution in [3.05, 3.63) is 59.7 Å². The monoisotopic (exact) mass is 330 g/mol. The van der Waals surface area contributed by atoms with Gasteiger partial charge in [-0.05, 0) is 36.2 Å². The number of likely N-dealkylation sites (N-methyl/N-ethyl adjacent to an activating group) is 1. The minimum Gasteiger partial charge on any atom is -0.454 e. The lowest BCUT2D eigenvalue weighted by Gasteiger charge is -2.23. The van der Waals surface area contributed by atoms with E-state index < -0.39 is 6.98 Å². The summed E-state index contributed by atoms with van der Waals surface area (Å²) in [5, 5.41) is 0.938. The largest absolute Gasteiger partial charge is 0.454 e. The zero-order chi connectivity index (χ0) is 19.2. The second-order valence-corrected chi connectivity index (χ2v) is 6.83. The quantitative estimate of drug-likeness (QED) is 0.465. The number of rotatable bonds is 0. The van der Waals surface area contributed by atoms with Crippen molar-refractivity contribution in [2.24, 2.45) is 0 Å². The van der Waals surface area contributed by atoms with Crippen molar-refractivity contribution < 1.29 is 8.53 Å². The smallest absolute Gasteiger partial charge is 0.159 e. The average molecular weight is 330 g/mol. The maximum absolute atomic E-state index is 8.15. The molecular weight excluding hydrogens is 310 g/mol. The third-order valence-electron chi connectivity index (χ3n) is 5.30. The van der Waals surface area contributed by atoms with Crippen LogP contribution >= 0.6 is 0 Å². The van der Waals surface area contributed by atoms with Crippen LogP contribution in [0.25, 0.3) is 22.1 Å². The number of anilines is 3. The first-order valence-corrected chi connectivity index (χ1v) is 8.42. The first kappa shape index (κ1) is 10.8. The number of para-hydroxylation sites is 1. The summed E-state index contributed by atoms with van der Waals surface area (Å²) in [4.78, 5) is 8.51. The van der Waals surface area contributed by atoms with Crippen LogP contribution in [0.4, 0.5) is 17.2 Å². The number of aromatic nitrogens is 1. The molecule has 4 aromatic rings. The Bertz CT molecular complexity index is 1280. The van der Waals surface area contributed by atoms with Crippen molar-refractivity contribution in [2.45, 2.75) is 19.5 Å². The van der Waals surface area contributed by atoms with Crippen LogP contribution in [0.3, 0.4) is 0 Å². The zero-order valence-corrected chi connectivity index (χ0v) is 13.7. The molecule has 0 bridgehead atoms. The third kappa shape index (κ3) is 1.59. The number of hydrogen-bond donors (Lipinski definition) is 0. The second-order valence-electron chi connectivity index (χ2n) is 6.83. The van der Waals surface area contributed by atoms with Crippen molar-refractivity contribution in [2.75, 3.05) is 16.8 Å². The number of aryl methyl sites for hydroxylation is 1. The van der Waals surface area contributed by atoms with Crippen LogP contribution < -0.4 is 9.80 Å². The predicted molar refractivity (Wildman–Crippen MR) is 101 cm³/mol. The fraction of sp³-hybridized carbons (Fsp3) is 0.190. The molecule has 2 aromatic carbocycles. The highest BCUT2D eigenvalue weighted by Gasteiger charge is 2.42. The minimum absolute atomic E-state index is 0.301. The molecule has 0 amide bonds. The van der Waals surface area contributed by atoms with E-state index >= 15 is 0 Å². The molecule has 2 aliphatic rings. The highest BCUT2D eigenvalue weighted by atomic mass is 16.3. The molecular formula is C21H17N3O. The van der Waals surface area contributed by atoms with Gasteiger partial charge in [0.05, 0.1) is 5.69 Å². The Morgan fingerprint density at radius 2 is 2.04 bits per heavy atom. The van der Waals surface area contributed by atoms with Gasteiger partial charge in [0, 0.05) is 34.6 Å². The van der Waals surface area contributed by atoms with E-state index in [4.69, 9.17) is 13.5 Å². The van der Waals surface area contributed by atoms with Crippen LogP contribution in [0.15, 0.2) is 52.9 Å². The molecule has 0 spiro atoms. The Labute approximate surface area is 149 Å². The fourth-order valence-electron chi connectivity index (χ4n) is 4.11. The van der Waals surface area contributed by atoms with Gasteiger partial charge >= 0.3 is 0 Å². The summed E-state index contributed by atoms with van der Waals surface area (Å²) in [7, 11) is 0. The molecule has 4 heterocycles. The molecule has 4 heteroatoms. The lowest BCUT2D eigenvalue weighted by Crippen LogP contribution is -2.36. The van der Waals surface area contributed by atoms with E-state index in [0.29, 0.717) is 23.5 Å². The molecule has 2 aromatic heterocycles. The maximum Gasteiger partial charge on any atom is 0.159 e. The number of pyridine rings is 1. The topological polar surface area (TPSA) is 32.5 Å². The Morgan fingerprint density at radius 1 is 1.12 bits per heavy atom. The van der Waals surface area contributed by atoms with Gasteiger partial charge in [0.15, 0.2) is 11.4 Å². The Kier molecular flexibility index (Phi) is 1.87. The van der Waals surface area contributed by atoms with E-state index in [1.807, 2.05) is 37.3 Å². The van der Waals surface area contributed by atoms with E-state index in [0.717, 1.165) is 33.3 Å². The molecule has 0 N–H and O–H groups in total. The summed E-state index contributed by atoms with van der Waals surface area (Å²) in [5.41, 5.74) is 6.06. The normalized spacial score (nSPS) is 20.4. The second kappa shape index (κ2) is 4.33. The molecule has 0 aliphatic carbocycles. The van der Waals surface area contributed by atoms with E-state index in [1.54, 1.807) is 0 Å². The first-order valence-electron chi connectivity index (χ1n) is 9.92. The van der Waals surface area contributed by atoms with Gasteiger partial charge < -0.3 is 14.2 Å². The van der Waals surface area contributed by atoms with Gasteiger partial charge in [-0.2, -0.15) is 0 Å². The van der Waals surface area contributed by atoms with Crippen molar-refractivity contribution in [3.63, 3.8) is 0 Å². The number of hydrogen-bond acceptors (Lipinski definition) is 4. The van der Waals surface area contributed by atoms with Gasteiger partial charge in [-0.25, -0.2) is 4.98 Å². The molecule has 25 heavy (non-hydrogen) atoms. The van der Waals surface area contributed by atoms with E-state index in [9.17, 15) is 0 Å². The SMILES string of the molecule is [2H]C([2H])([2H])N1c2cc3oc4ccccc4c3nc2N2c3cc(C)ccc3CC21. The van der Waals surface area contributed by atoms with Gasteiger partial charge in [-0.15, -0.1) is 0 Å². The van der Waals surface area contributed by atoms with Crippen LogP contribution in [0, 0.1) is 6.92 Å². The summed E-state index contributed by atoms with van der Waals surface area (Å²) < 4.78 is 30.4. The first-order chi connectivity index (χ1) is 13.4. The molecule has 1 atom stereocenters. The van der Waals surface area contributed by atoms with Crippen LogP contribution in [0.2, 0.25) is 0 Å². The lowest BCUT2D eigenvalue weighted by atomic mass is 10.1. The van der Waals surface area contributed by atoms with Crippen LogP contribution in [0.1, 0.15) is 15.2 Å². The predicted octanol–water partition coefficient (Wildman–Crippen LogP) is 4.76. The van der Waals surface area contributed by atoms with Crippen LogP contribution in [-0.4, -0.2) is 18.1 Å². The van der Waals surface area contributed by atoms with Gasteiger partial charge in [-0.1, -0.05) is 24.3 Å². The third-order valence-corrected chi connectivity index (χ3v) is 5.30. The molecule has 0 saturated heterocycles. The number of benzene rings is 2. The summed E-state index contributed by atoms with van der Waals surface area (Å²) >= 11 is 0. The van der Waals surface area contributed by atoms with Crippen molar-refractivity contribution >= 4 is 39.3 Å². The van der Waals surface area contributed by atoms with Crippen molar-refractivity contribution in [1.29, 1.82) is 0 Å². The van der Waals surface area contributed by atoms with Crippen molar-refractivity contribution in [1.82, 2.24) is 4.98 Å². The summed E-state index contributed by atoms with van der Waals surface area (Å²) in [5.74, 6) is 0.685. The van der Waals surface area contributed by atoms with Gasteiger partial charge in [0.1, 0.15) is 17.3 Å². The molecule has 0 saturated carbocycles. The molecule has 1 unspecified atom stereocenters. The Morgan fingerprint density at radius 3 is 2.96 bits per heavy atom. The number of furan rings is 1. The average Bonchev–Trinajstić information content (AvgIpc) is 3.26.